The Morgan fingerprint density at radius 1 is 1.36 bits per heavy atom. The van der Waals surface area contributed by atoms with Crippen LogP contribution < -0.4 is 5.11 Å². The van der Waals surface area contributed by atoms with E-state index in [2.05, 4.69) is 4.98 Å². The average molecular weight is 189 g/mol. The standard InChI is InChI=1S/C11H14N2O/c1-7(2)13-10-8(3)5-4-6-9(10)12-11(13)14/h4-7H,1-3H3,(H,12,14)/p-1. The second-order valence-electron chi connectivity index (χ2n) is 3.80. The summed E-state index contributed by atoms with van der Waals surface area (Å²) in [5.74, 6) is 0. The highest BCUT2D eigenvalue weighted by Gasteiger charge is 2.08. The Labute approximate surface area is 83.0 Å². The van der Waals surface area contributed by atoms with Gasteiger partial charge in [0.2, 0.25) is 0 Å². The van der Waals surface area contributed by atoms with Gasteiger partial charge in [0, 0.05) is 6.04 Å². The minimum absolute atomic E-state index is 0.149. The van der Waals surface area contributed by atoms with Crippen molar-refractivity contribution in [2.24, 2.45) is 0 Å². The molecule has 3 nitrogen and oxygen atoms in total. The van der Waals surface area contributed by atoms with Gasteiger partial charge >= 0.3 is 0 Å². The number of aryl methyl sites for hydroxylation is 1. The Balaban J connectivity index is 2.86. The minimum Gasteiger partial charge on any atom is -0.846 e. The van der Waals surface area contributed by atoms with Crippen LogP contribution in [0.4, 0.5) is 0 Å². The molecule has 0 aliphatic rings. The molecule has 2 aromatic rings. The first-order valence-electron chi connectivity index (χ1n) is 4.76. The Bertz CT molecular complexity index is 471. The molecule has 74 valence electrons. The molecule has 0 aliphatic carbocycles. The van der Waals surface area contributed by atoms with Crippen LogP contribution in [0.2, 0.25) is 0 Å². The van der Waals surface area contributed by atoms with E-state index in [1.54, 1.807) is 4.57 Å². The van der Waals surface area contributed by atoms with Gasteiger partial charge in [-0.25, -0.2) is 4.98 Å². The normalized spacial score (nSPS) is 11.4. The molecule has 14 heavy (non-hydrogen) atoms. The van der Waals surface area contributed by atoms with E-state index in [1.165, 1.54) is 0 Å². The van der Waals surface area contributed by atoms with Crippen molar-refractivity contribution < 1.29 is 5.11 Å². The fraction of sp³-hybridized carbons (Fsp3) is 0.364. The smallest absolute Gasteiger partial charge is 0.0880 e. The predicted molar refractivity (Wildman–Crippen MR) is 54.3 cm³/mol. The molecule has 3 heteroatoms. The maximum atomic E-state index is 11.6. The van der Waals surface area contributed by atoms with Crippen LogP contribution in [0.3, 0.4) is 0 Å². The van der Waals surface area contributed by atoms with Gasteiger partial charge in [0.05, 0.1) is 17.0 Å². The predicted octanol–water partition coefficient (Wildman–Crippen LogP) is 2.00. The van der Waals surface area contributed by atoms with E-state index >= 15 is 0 Å². The van der Waals surface area contributed by atoms with Crippen LogP contribution in [0, 0.1) is 6.92 Å². The third kappa shape index (κ3) is 1.16. The number of aromatic nitrogens is 2. The lowest BCUT2D eigenvalue weighted by molar-refractivity contribution is -0.285. The Morgan fingerprint density at radius 3 is 2.71 bits per heavy atom. The van der Waals surface area contributed by atoms with Crippen molar-refractivity contribution in [3.05, 3.63) is 23.8 Å². The Morgan fingerprint density at radius 2 is 2.07 bits per heavy atom. The highest BCUT2D eigenvalue weighted by molar-refractivity contribution is 5.80. The molecule has 0 aliphatic heterocycles. The first kappa shape index (κ1) is 9.06. The van der Waals surface area contributed by atoms with Crippen LogP contribution in [0.25, 0.3) is 11.0 Å². The van der Waals surface area contributed by atoms with Gasteiger partial charge in [0.15, 0.2) is 0 Å². The molecule has 0 unspecified atom stereocenters. The van der Waals surface area contributed by atoms with Gasteiger partial charge in [0.25, 0.3) is 0 Å². The molecule has 1 aromatic heterocycles. The van der Waals surface area contributed by atoms with Crippen LogP contribution in [-0.2, 0) is 0 Å². The molecule has 0 fully saturated rings. The number of imidazole rings is 1. The fourth-order valence-corrected chi connectivity index (χ4v) is 1.78. The summed E-state index contributed by atoms with van der Waals surface area (Å²) in [6.45, 7) is 5.99. The Hall–Kier alpha value is -1.51. The Kier molecular flexibility index (Phi) is 1.95. The zero-order chi connectivity index (χ0) is 10.3. The minimum atomic E-state index is -0.149. The zero-order valence-corrected chi connectivity index (χ0v) is 8.61. The molecule has 0 radical (unpaired) electrons. The molecular formula is C11H13N2O-. The number of rotatable bonds is 1. The van der Waals surface area contributed by atoms with E-state index in [1.807, 2.05) is 39.0 Å². The van der Waals surface area contributed by atoms with Gasteiger partial charge in [-0.1, -0.05) is 12.1 Å². The van der Waals surface area contributed by atoms with E-state index in [0.717, 1.165) is 16.6 Å². The molecular weight excluding hydrogens is 176 g/mol. The van der Waals surface area contributed by atoms with Crippen molar-refractivity contribution in [3.63, 3.8) is 0 Å². The first-order valence-corrected chi connectivity index (χ1v) is 4.76. The number of nitrogens with zero attached hydrogens (tertiary/aromatic N) is 2. The maximum absolute atomic E-state index is 11.6. The van der Waals surface area contributed by atoms with Crippen molar-refractivity contribution in [2.75, 3.05) is 0 Å². The van der Waals surface area contributed by atoms with Crippen LogP contribution in [0.1, 0.15) is 25.5 Å². The van der Waals surface area contributed by atoms with E-state index in [4.69, 9.17) is 0 Å². The quantitative estimate of drug-likeness (QED) is 0.688. The van der Waals surface area contributed by atoms with Crippen LogP contribution >= 0.6 is 0 Å². The molecule has 1 heterocycles. The monoisotopic (exact) mass is 189 g/mol. The van der Waals surface area contributed by atoms with E-state index in [0.29, 0.717) is 0 Å². The molecule has 0 spiro atoms. The topological polar surface area (TPSA) is 40.9 Å². The summed E-state index contributed by atoms with van der Waals surface area (Å²) in [5.41, 5.74) is 2.86. The lowest BCUT2D eigenvalue weighted by Crippen LogP contribution is -2.07. The number of para-hydroxylation sites is 1. The molecule has 0 saturated heterocycles. The van der Waals surface area contributed by atoms with Crippen molar-refractivity contribution in [1.29, 1.82) is 0 Å². The van der Waals surface area contributed by atoms with E-state index < -0.39 is 0 Å². The van der Waals surface area contributed by atoms with Gasteiger partial charge in [-0.2, -0.15) is 0 Å². The second kappa shape index (κ2) is 3.01. The number of fused-ring (bicyclic) bond motifs is 1. The van der Waals surface area contributed by atoms with Gasteiger partial charge in [-0.15, -0.1) is 0 Å². The van der Waals surface area contributed by atoms with Crippen molar-refractivity contribution in [3.8, 4) is 6.01 Å². The van der Waals surface area contributed by atoms with Crippen LogP contribution in [-0.4, -0.2) is 9.55 Å². The van der Waals surface area contributed by atoms with Crippen LogP contribution in [0.15, 0.2) is 18.2 Å². The molecule has 0 N–H and O–H groups in total. The summed E-state index contributed by atoms with van der Waals surface area (Å²) in [7, 11) is 0. The lowest BCUT2D eigenvalue weighted by atomic mass is 10.2. The number of hydrogen-bond donors (Lipinski definition) is 0. The van der Waals surface area contributed by atoms with Crippen LogP contribution in [0.5, 0.6) is 6.01 Å². The molecule has 0 bridgehead atoms. The highest BCUT2D eigenvalue weighted by atomic mass is 16.3. The largest absolute Gasteiger partial charge is 0.846 e. The molecule has 0 amide bonds. The van der Waals surface area contributed by atoms with Gasteiger partial charge in [-0.05, 0) is 32.4 Å². The molecule has 2 rings (SSSR count). The van der Waals surface area contributed by atoms with Gasteiger partial charge in [-0.3, -0.25) is 0 Å². The zero-order valence-electron chi connectivity index (χ0n) is 8.61. The van der Waals surface area contributed by atoms with Crippen molar-refractivity contribution in [2.45, 2.75) is 26.8 Å². The summed E-state index contributed by atoms with van der Waals surface area (Å²) < 4.78 is 1.74. The molecule has 0 atom stereocenters. The summed E-state index contributed by atoms with van der Waals surface area (Å²) >= 11 is 0. The second-order valence-corrected chi connectivity index (χ2v) is 3.80. The van der Waals surface area contributed by atoms with Crippen molar-refractivity contribution in [1.82, 2.24) is 9.55 Å². The third-order valence-corrected chi connectivity index (χ3v) is 2.40. The lowest BCUT2D eigenvalue weighted by Gasteiger charge is -2.16. The fourth-order valence-electron chi connectivity index (χ4n) is 1.78. The van der Waals surface area contributed by atoms with Gasteiger partial charge < -0.3 is 9.67 Å². The SMILES string of the molecule is Cc1cccc2nc([O-])n(C(C)C)c12. The summed E-state index contributed by atoms with van der Waals surface area (Å²) in [6.07, 6.45) is 0. The summed E-state index contributed by atoms with van der Waals surface area (Å²) in [4.78, 5) is 4.00. The number of benzene rings is 1. The first-order chi connectivity index (χ1) is 6.61. The number of hydrogen-bond acceptors (Lipinski definition) is 2. The summed E-state index contributed by atoms with van der Waals surface area (Å²) in [6, 6.07) is 5.82. The molecule has 1 aromatic carbocycles. The van der Waals surface area contributed by atoms with Gasteiger partial charge in [0.1, 0.15) is 0 Å². The van der Waals surface area contributed by atoms with Crippen molar-refractivity contribution >= 4 is 11.0 Å². The third-order valence-electron chi connectivity index (χ3n) is 2.40. The molecule has 0 saturated carbocycles. The van der Waals surface area contributed by atoms with E-state index in [-0.39, 0.29) is 12.1 Å². The van der Waals surface area contributed by atoms with E-state index in [9.17, 15) is 5.11 Å². The average Bonchev–Trinajstić information content (AvgIpc) is 2.42. The maximum Gasteiger partial charge on any atom is 0.0880 e. The summed E-state index contributed by atoms with van der Waals surface area (Å²) in [5, 5.41) is 11.6. The highest BCUT2D eigenvalue weighted by Crippen LogP contribution is 2.25.